The number of nitrogens with one attached hydrogen (secondary N) is 2. The quantitative estimate of drug-likeness (QED) is 0.362. The second-order valence-corrected chi connectivity index (χ2v) is 8.33. The second kappa shape index (κ2) is 8.89. The average Bonchev–Trinajstić information content (AvgIpc) is 3.13. The number of rotatable bonds is 6. The van der Waals surface area contributed by atoms with Gasteiger partial charge in [0.15, 0.2) is 0 Å². The van der Waals surface area contributed by atoms with E-state index in [0.29, 0.717) is 24.2 Å². The average molecular weight is 422 g/mol. The summed E-state index contributed by atoms with van der Waals surface area (Å²) >= 11 is 0. The van der Waals surface area contributed by atoms with Gasteiger partial charge in [0.25, 0.3) is 5.91 Å². The van der Waals surface area contributed by atoms with Crippen molar-refractivity contribution in [3.63, 3.8) is 0 Å². The summed E-state index contributed by atoms with van der Waals surface area (Å²) in [6, 6.07) is 14.2. The number of amidine groups is 1. The third-order valence-corrected chi connectivity index (χ3v) is 6.09. The fourth-order valence-electron chi connectivity index (χ4n) is 4.27. The highest BCUT2D eigenvalue weighted by Gasteiger charge is 2.23. The molecule has 1 amide bonds. The first-order chi connectivity index (χ1) is 14.9. The van der Waals surface area contributed by atoms with Crippen LogP contribution >= 0.6 is 0 Å². The second-order valence-electron chi connectivity index (χ2n) is 8.33. The molecule has 1 aliphatic rings. The van der Waals surface area contributed by atoms with E-state index in [1.165, 1.54) is 12.1 Å². The molecule has 162 valence electrons. The molecule has 1 saturated carbocycles. The first-order valence-electron chi connectivity index (χ1n) is 10.7. The standard InChI is InChI=1S/C24H28FN5O/c25-18-5-1-15(2-6-18)11-12-30-21-14-17(23(27)28)4-3-16(21)13-22(30)24(31)29-20-9-7-19(26)8-10-20/h1-6,13-14,19-20H,7-12,26H2,(H3,27,28)(H,29,31)/t19-,20-. The molecule has 0 saturated heterocycles. The Labute approximate surface area is 180 Å². The van der Waals surface area contributed by atoms with Crippen LogP contribution in [0.25, 0.3) is 10.9 Å². The molecule has 6 N–H and O–H groups in total. The van der Waals surface area contributed by atoms with Gasteiger partial charge in [-0.25, -0.2) is 4.39 Å². The molecule has 4 rings (SSSR count). The Hall–Kier alpha value is -3.19. The number of carbonyl (C=O) groups excluding carboxylic acids is 1. The molecule has 0 atom stereocenters. The van der Waals surface area contributed by atoms with Gasteiger partial charge in [0.05, 0.1) is 0 Å². The molecule has 1 heterocycles. The minimum atomic E-state index is -0.270. The van der Waals surface area contributed by atoms with E-state index >= 15 is 0 Å². The van der Waals surface area contributed by atoms with Gasteiger partial charge in [-0.2, -0.15) is 0 Å². The third kappa shape index (κ3) is 4.77. The van der Waals surface area contributed by atoms with Gasteiger partial charge in [0, 0.05) is 35.1 Å². The summed E-state index contributed by atoms with van der Waals surface area (Å²) in [5.74, 6) is -0.397. The van der Waals surface area contributed by atoms with Crippen LogP contribution < -0.4 is 16.8 Å². The van der Waals surface area contributed by atoms with Crippen LogP contribution in [0.1, 0.15) is 47.3 Å². The van der Waals surface area contributed by atoms with Crippen LogP contribution in [0.4, 0.5) is 4.39 Å². The molecule has 0 unspecified atom stereocenters. The van der Waals surface area contributed by atoms with E-state index in [1.807, 2.05) is 22.8 Å². The Kier molecular flexibility index (Phi) is 6.04. The zero-order valence-corrected chi connectivity index (χ0v) is 17.4. The highest BCUT2D eigenvalue weighted by atomic mass is 19.1. The Balaban J connectivity index is 1.64. The molecule has 1 aliphatic carbocycles. The Morgan fingerprint density at radius 3 is 2.48 bits per heavy atom. The van der Waals surface area contributed by atoms with Crippen molar-refractivity contribution in [1.29, 1.82) is 5.41 Å². The predicted octanol–water partition coefficient (Wildman–Crippen LogP) is 3.31. The molecule has 1 aromatic heterocycles. The lowest BCUT2D eigenvalue weighted by Gasteiger charge is -2.27. The maximum atomic E-state index is 13.2. The lowest BCUT2D eigenvalue weighted by atomic mass is 9.92. The molecule has 6 nitrogen and oxygen atoms in total. The number of carbonyl (C=O) groups is 1. The number of nitrogens with two attached hydrogens (primary N) is 2. The number of hydrogen-bond acceptors (Lipinski definition) is 3. The summed E-state index contributed by atoms with van der Waals surface area (Å²) < 4.78 is 15.2. The van der Waals surface area contributed by atoms with Crippen LogP contribution in [0.15, 0.2) is 48.5 Å². The van der Waals surface area contributed by atoms with Gasteiger partial charge >= 0.3 is 0 Å². The van der Waals surface area contributed by atoms with Gasteiger partial charge in [-0.05, 0) is 61.9 Å². The predicted molar refractivity (Wildman–Crippen MR) is 121 cm³/mol. The summed E-state index contributed by atoms with van der Waals surface area (Å²) in [7, 11) is 0. The Morgan fingerprint density at radius 2 is 1.81 bits per heavy atom. The minimum absolute atomic E-state index is 0.0160. The van der Waals surface area contributed by atoms with Crippen molar-refractivity contribution in [3.8, 4) is 0 Å². The fourth-order valence-corrected chi connectivity index (χ4v) is 4.27. The van der Waals surface area contributed by atoms with Crippen molar-refractivity contribution in [3.05, 3.63) is 71.2 Å². The topological polar surface area (TPSA) is 110 Å². The van der Waals surface area contributed by atoms with E-state index in [9.17, 15) is 9.18 Å². The molecule has 0 spiro atoms. The number of benzene rings is 2. The molecule has 0 aliphatic heterocycles. The number of aryl methyl sites for hydroxylation is 2. The van der Waals surface area contributed by atoms with Crippen molar-refractivity contribution in [2.45, 2.75) is 50.7 Å². The maximum Gasteiger partial charge on any atom is 0.268 e. The van der Waals surface area contributed by atoms with Gasteiger partial charge in [0.1, 0.15) is 17.3 Å². The Morgan fingerprint density at radius 1 is 1.10 bits per heavy atom. The SMILES string of the molecule is N=C(N)c1ccc2cc(C(=O)N[C@H]3CC[C@H](N)CC3)n(CCc3ccc(F)cc3)c2c1. The van der Waals surface area contributed by atoms with Crippen molar-refractivity contribution in [2.24, 2.45) is 11.5 Å². The molecule has 3 aromatic rings. The van der Waals surface area contributed by atoms with Gasteiger partial charge < -0.3 is 21.4 Å². The third-order valence-electron chi connectivity index (χ3n) is 6.09. The molecule has 0 bridgehead atoms. The number of nitrogen functional groups attached to an aromatic ring is 1. The summed E-state index contributed by atoms with van der Waals surface area (Å²) in [4.78, 5) is 13.2. The summed E-state index contributed by atoms with van der Waals surface area (Å²) in [6.07, 6.45) is 4.25. The summed E-state index contributed by atoms with van der Waals surface area (Å²) in [5.41, 5.74) is 14.7. The number of halogens is 1. The maximum absolute atomic E-state index is 13.2. The van der Waals surface area contributed by atoms with E-state index in [0.717, 1.165) is 42.1 Å². The smallest absolute Gasteiger partial charge is 0.268 e. The summed E-state index contributed by atoms with van der Waals surface area (Å²) in [6.45, 7) is 0.550. The van der Waals surface area contributed by atoms with Gasteiger partial charge in [-0.1, -0.05) is 24.3 Å². The van der Waals surface area contributed by atoms with E-state index in [1.54, 1.807) is 18.2 Å². The first kappa shape index (κ1) is 21.1. The minimum Gasteiger partial charge on any atom is -0.384 e. The highest BCUT2D eigenvalue weighted by Crippen LogP contribution is 2.24. The highest BCUT2D eigenvalue weighted by molar-refractivity contribution is 6.02. The number of fused-ring (bicyclic) bond motifs is 1. The lowest BCUT2D eigenvalue weighted by molar-refractivity contribution is 0.0917. The molecule has 31 heavy (non-hydrogen) atoms. The van der Waals surface area contributed by atoms with Crippen LogP contribution in [0.3, 0.4) is 0 Å². The molecule has 7 heteroatoms. The van der Waals surface area contributed by atoms with Crippen molar-refractivity contribution < 1.29 is 9.18 Å². The van der Waals surface area contributed by atoms with Crippen LogP contribution in [0.2, 0.25) is 0 Å². The van der Waals surface area contributed by atoms with Gasteiger partial charge in [0.2, 0.25) is 0 Å². The molecular weight excluding hydrogens is 393 g/mol. The van der Waals surface area contributed by atoms with E-state index in [4.69, 9.17) is 16.9 Å². The van der Waals surface area contributed by atoms with E-state index in [-0.39, 0.29) is 29.6 Å². The first-order valence-corrected chi connectivity index (χ1v) is 10.7. The number of nitrogens with zero attached hydrogens (tertiary/aromatic N) is 1. The molecule has 2 aromatic carbocycles. The lowest BCUT2D eigenvalue weighted by Crippen LogP contribution is -2.41. The largest absolute Gasteiger partial charge is 0.384 e. The number of hydrogen-bond donors (Lipinski definition) is 4. The van der Waals surface area contributed by atoms with Crippen molar-refractivity contribution in [2.75, 3.05) is 0 Å². The monoisotopic (exact) mass is 421 g/mol. The fraction of sp³-hybridized carbons (Fsp3) is 0.333. The van der Waals surface area contributed by atoms with E-state index < -0.39 is 0 Å². The molecule has 0 radical (unpaired) electrons. The van der Waals surface area contributed by atoms with Crippen LogP contribution in [0, 0.1) is 11.2 Å². The van der Waals surface area contributed by atoms with Crippen molar-refractivity contribution in [1.82, 2.24) is 9.88 Å². The number of aromatic nitrogens is 1. The van der Waals surface area contributed by atoms with Crippen LogP contribution in [-0.4, -0.2) is 28.4 Å². The molecular formula is C24H28FN5O. The van der Waals surface area contributed by atoms with Crippen molar-refractivity contribution >= 4 is 22.6 Å². The summed E-state index contributed by atoms with van der Waals surface area (Å²) in [5, 5.41) is 11.8. The zero-order valence-electron chi connectivity index (χ0n) is 17.4. The zero-order chi connectivity index (χ0) is 22.0. The van der Waals surface area contributed by atoms with Crippen LogP contribution in [0.5, 0.6) is 0 Å². The number of amides is 1. The van der Waals surface area contributed by atoms with E-state index in [2.05, 4.69) is 5.32 Å². The normalized spacial score (nSPS) is 18.8. The van der Waals surface area contributed by atoms with Gasteiger partial charge in [-0.15, -0.1) is 0 Å². The molecule has 1 fully saturated rings. The van der Waals surface area contributed by atoms with Crippen LogP contribution in [-0.2, 0) is 13.0 Å². The Bertz CT molecular complexity index is 1100. The van der Waals surface area contributed by atoms with Gasteiger partial charge in [-0.3, -0.25) is 10.2 Å².